The zero-order chi connectivity index (χ0) is 28.9. The van der Waals surface area contributed by atoms with Crippen molar-refractivity contribution in [3.05, 3.63) is 119 Å². The Morgan fingerprint density at radius 2 is 1.38 bits per heavy atom. The summed E-state index contributed by atoms with van der Waals surface area (Å²) in [4.78, 5) is 22.9. The zero-order valence-corrected chi connectivity index (χ0v) is 22.1. The summed E-state index contributed by atoms with van der Waals surface area (Å²) in [5.41, 5.74) is -0.222. The molecule has 0 spiro atoms. The molecule has 0 aliphatic carbocycles. The van der Waals surface area contributed by atoms with Crippen LogP contribution in [0.3, 0.4) is 0 Å². The van der Waals surface area contributed by atoms with Gasteiger partial charge in [0.15, 0.2) is 4.90 Å². The minimum atomic E-state index is -4.56. The number of hydrogen-bond donors (Lipinski definition) is 2. The van der Waals surface area contributed by atoms with E-state index in [1.165, 1.54) is 60.7 Å². The normalized spacial score (nSPS) is 11.4. The monoisotopic (exact) mass is 584 g/mol. The van der Waals surface area contributed by atoms with Gasteiger partial charge in [-0.1, -0.05) is 30.3 Å². The Kier molecular flexibility index (Phi) is 8.11. The Labute approximate surface area is 229 Å². The van der Waals surface area contributed by atoms with Crippen LogP contribution < -0.4 is 14.3 Å². The molecule has 0 fully saturated rings. The summed E-state index contributed by atoms with van der Waals surface area (Å²) in [5, 5.41) is 14.0. The molecule has 0 saturated heterocycles. The number of sulfonamides is 2. The number of nitrogens with one attached hydrogen (secondary N) is 2. The van der Waals surface area contributed by atoms with Gasteiger partial charge in [-0.2, -0.15) is 0 Å². The summed E-state index contributed by atoms with van der Waals surface area (Å²) >= 11 is 0. The molecule has 40 heavy (non-hydrogen) atoms. The number of anilines is 3. The van der Waals surface area contributed by atoms with Gasteiger partial charge in [-0.3, -0.25) is 23.9 Å². The van der Waals surface area contributed by atoms with Gasteiger partial charge in [-0.05, 0) is 66.7 Å². The highest BCUT2D eigenvalue weighted by Gasteiger charge is 2.33. The molecule has 0 radical (unpaired) electrons. The van der Waals surface area contributed by atoms with Crippen molar-refractivity contribution >= 4 is 48.7 Å². The zero-order valence-electron chi connectivity index (χ0n) is 20.5. The van der Waals surface area contributed by atoms with E-state index in [0.717, 1.165) is 28.6 Å². The topological polar surface area (TPSA) is 156 Å². The Hall–Kier alpha value is -4.82. The van der Waals surface area contributed by atoms with Crippen LogP contribution in [0.1, 0.15) is 0 Å². The standard InChI is InChI=1S/C26H21FN4O7S2/c27-19-10-12-21(13-11-19)29-39(35,36)23-16-14-20(15-17-23)28-26(32)18-30(22-6-2-1-3-7-22)40(37,38)25-9-5-4-8-24(25)31(33)34/h1-17,29H,18H2,(H,28,32). The summed E-state index contributed by atoms with van der Waals surface area (Å²) in [6, 6.07) is 22.2. The first-order valence-corrected chi connectivity index (χ1v) is 14.4. The summed E-state index contributed by atoms with van der Waals surface area (Å²) < 4.78 is 68.4. The van der Waals surface area contributed by atoms with E-state index in [1.54, 1.807) is 18.2 Å². The van der Waals surface area contributed by atoms with Gasteiger partial charge in [-0.25, -0.2) is 21.2 Å². The lowest BCUT2D eigenvalue weighted by Crippen LogP contribution is -2.38. The SMILES string of the molecule is O=C(CN(c1ccccc1)S(=O)(=O)c1ccccc1[N+](=O)[O-])Nc1ccc(S(=O)(=O)Nc2ccc(F)cc2)cc1. The third-order valence-electron chi connectivity index (χ3n) is 5.51. The number of nitrogens with zero attached hydrogens (tertiary/aromatic N) is 2. The van der Waals surface area contributed by atoms with Gasteiger partial charge >= 0.3 is 0 Å². The van der Waals surface area contributed by atoms with E-state index in [1.807, 2.05) is 0 Å². The first-order valence-electron chi connectivity index (χ1n) is 11.5. The number of halogens is 1. The summed E-state index contributed by atoms with van der Waals surface area (Å²) in [6.07, 6.45) is 0. The number of nitro groups is 1. The predicted octanol–water partition coefficient (Wildman–Crippen LogP) is 4.37. The molecule has 2 N–H and O–H groups in total. The summed E-state index contributed by atoms with van der Waals surface area (Å²) in [7, 11) is -8.57. The smallest absolute Gasteiger partial charge is 0.289 e. The molecule has 0 aliphatic heterocycles. The van der Waals surface area contributed by atoms with E-state index < -0.39 is 53.8 Å². The van der Waals surface area contributed by atoms with E-state index in [-0.39, 0.29) is 22.0 Å². The Morgan fingerprint density at radius 1 is 0.800 bits per heavy atom. The van der Waals surface area contributed by atoms with Crippen molar-refractivity contribution in [1.29, 1.82) is 0 Å². The fourth-order valence-electron chi connectivity index (χ4n) is 3.63. The Bertz CT molecular complexity index is 1750. The van der Waals surface area contributed by atoms with E-state index in [9.17, 15) is 36.1 Å². The minimum Gasteiger partial charge on any atom is -0.325 e. The molecule has 0 saturated carbocycles. The van der Waals surface area contributed by atoms with E-state index in [0.29, 0.717) is 0 Å². The second kappa shape index (κ2) is 11.5. The maximum absolute atomic E-state index is 13.5. The second-order valence-electron chi connectivity index (χ2n) is 8.26. The second-order valence-corrected chi connectivity index (χ2v) is 11.8. The number of nitro benzene ring substituents is 1. The van der Waals surface area contributed by atoms with Gasteiger partial charge in [0.2, 0.25) is 5.91 Å². The lowest BCUT2D eigenvalue weighted by molar-refractivity contribution is -0.387. The lowest BCUT2D eigenvalue weighted by Gasteiger charge is -2.24. The number of para-hydroxylation sites is 2. The first kappa shape index (κ1) is 28.2. The predicted molar refractivity (Wildman–Crippen MR) is 146 cm³/mol. The van der Waals surface area contributed by atoms with Gasteiger partial charge in [-0.15, -0.1) is 0 Å². The average Bonchev–Trinajstić information content (AvgIpc) is 2.93. The van der Waals surface area contributed by atoms with Gasteiger partial charge in [0.1, 0.15) is 12.4 Å². The summed E-state index contributed by atoms with van der Waals surface area (Å²) in [5.74, 6) is -1.31. The molecule has 206 valence electrons. The fourth-order valence-corrected chi connectivity index (χ4v) is 6.27. The Morgan fingerprint density at radius 3 is 2.00 bits per heavy atom. The highest BCUT2D eigenvalue weighted by atomic mass is 32.2. The van der Waals surface area contributed by atoms with Crippen LogP contribution in [0.25, 0.3) is 0 Å². The van der Waals surface area contributed by atoms with Gasteiger partial charge in [0.05, 0.1) is 15.5 Å². The van der Waals surface area contributed by atoms with Crippen LogP contribution in [0.15, 0.2) is 113 Å². The Balaban J connectivity index is 1.55. The molecule has 4 aromatic carbocycles. The third kappa shape index (κ3) is 6.42. The largest absolute Gasteiger partial charge is 0.325 e. The van der Waals surface area contributed by atoms with Crippen LogP contribution >= 0.6 is 0 Å². The van der Waals surface area contributed by atoms with Crippen molar-refractivity contribution in [1.82, 2.24) is 0 Å². The molecule has 0 heterocycles. The van der Waals surface area contributed by atoms with Gasteiger partial charge in [0, 0.05) is 17.4 Å². The third-order valence-corrected chi connectivity index (χ3v) is 8.72. The molecule has 1 amide bonds. The van der Waals surface area contributed by atoms with Crippen molar-refractivity contribution in [2.24, 2.45) is 0 Å². The van der Waals surface area contributed by atoms with Crippen molar-refractivity contribution in [3.63, 3.8) is 0 Å². The van der Waals surface area contributed by atoms with E-state index >= 15 is 0 Å². The van der Waals surface area contributed by atoms with Crippen molar-refractivity contribution in [2.45, 2.75) is 9.79 Å². The molecule has 0 bridgehead atoms. The number of carbonyl (C=O) groups excluding carboxylic acids is 1. The van der Waals surface area contributed by atoms with Crippen molar-refractivity contribution in [2.75, 3.05) is 20.9 Å². The van der Waals surface area contributed by atoms with Crippen LogP contribution in [0, 0.1) is 15.9 Å². The summed E-state index contributed by atoms with van der Waals surface area (Å²) in [6.45, 7) is -0.732. The maximum atomic E-state index is 13.5. The molecular weight excluding hydrogens is 563 g/mol. The van der Waals surface area contributed by atoms with Crippen LogP contribution in [0.2, 0.25) is 0 Å². The van der Waals surface area contributed by atoms with Gasteiger partial charge < -0.3 is 5.32 Å². The van der Waals surface area contributed by atoms with Crippen LogP contribution in [0.5, 0.6) is 0 Å². The average molecular weight is 585 g/mol. The number of amides is 1. The fraction of sp³-hybridized carbons (Fsp3) is 0.0385. The highest BCUT2D eigenvalue weighted by molar-refractivity contribution is 7.93. The van der Waals surface area contributed by atoms with E-state index in [2.05, 4.69) is 10.0 Å². The van der Waals surface area contributed by atoms with Crippen LogP contribution in [0.4, 0.5) is 27.1 Å². The molecule has 11 nitrogen and oxygen atoms in total. The number of rotatable bonds is 10. The quantitative estimate of drug-likeness (QED) is 0.207. The first-order chi connectivity index (χ1) is 19.0. The molecule has 14 heteroatoms. The lowest BCUT2D eigenvalue weighted by atomic mass is 10.3. The molecule has 4 aromatic rings. The molecular formula is C26H21FN4O7S2. The minimum absolute atomic E-state index is 0.101. The molecule has 0 atom stereocenters. The van der Waals surface area contributed by atoms with E-state index in [4.69, 9.17) is 0 Å². The number of carbonyl (C=O) groups is 1. The van der Waals surface area contributed by atoms with Crippen molar-refractivity contribution in [3.8, 4) is 0 Å². The van der Waals surface area contributed by atoms with Gasteiger partial charge in [0.25, 0.3) is 25.7 Å². The number of benzene rings is 4. The highest BCUT2D eigenvalue weighted by Crippen LogP contribution is 2.30. The molecule has 4 rings (SSSR count). The molecule has 0 aromatic heterocycles. The molecule has 0 unspecified atom stereocenters. The van der Waals surface area contributed by atoms with Crippen LogP contribution in [-0.4, -0.2) is 34.2 Å². The van der Waals surface area contributed by atoms with Crippen LogP contribution in [-0.2, 0) is 24.8 Å². The number of hydrogen-bond acceptors (Lipinski definition) is 7. The molecule has 0 aliphatic rings. The van der Waals surface area contributed by atoms with Crippen molar-refractivity contribution < 1.29 is 30.9 Å². The maximum Gasteiger partial charge on any atom is 0.289 e.